The molecular formula is C14H16N2OS. The molecule has 0 saturated heterocycles. The number of nitrogens with zero attached hydrogens (tertiary/aromatic N) is 1. The van der Waals surface area contributed by atoms with Crippen molar-refractivity contribution in [2.75, 3.05) is 7.11 Å². The quantitative estimate of drug-likeness (QED) is 0.855. The fourth-order valence-corrected chi connectivity index (χ4v) is 2.15. The molecule has 3 nitrogen and oxygen atoms in total. The molecule has 0 aliphatic carbocycles. The van der Waals surface area contributed by atoms with Crippen LogP contribution in [0.15, 0.2) is 24.3 Å². The Morgan fingerprint density at radius 1 is 1.33 bits per heavy atom. The lowest BCUT2D eigenvalue weighted by Gasteiger charge is -2.10. The van der Waals surface area contributed by atoms with Crippen LogP contribution < -0.4 is 4.74 Å². The second-order valence-electron chi connectivity index (χ2n) is 4.14. The number of aryl methyl sites for hydroxylation is 2. The van der Waals surface area contributed by atoms with Gasteiger partial charge in [-0.3, -0.25) is 0 Å². The highest BCUT2D eigenvalue weighted by atomic mass is 32.1. The predicted molar refractivity (Wildman–Crippen MR) is 75.5 cm³/mol. The second-order valence-corrected chi connectivity index (χ2v) is 4.53. The van der Waals surface area contributed by atoms with E-state index in [1.807, 2.05) is 19.1 Å². The maximum atomic E-state index is 5.39. The lowest BCUT2D eigenvalue weighted by atomic mass is 10.0. The number of hydrogen-bond donors (Lipinski definition) is 1. The first kappa shape index (κ1) is 12.8. The van der Waals surface area contributed by atoms with Crippen LogP contribution in [0.2, 0.25) is 0 Å². The van der Waals surface area contributed by atoms with E-state index in [1.165, 1.54) is 5.56 Å². The number of H-pyrrole nitrogens is 1. The average Bonchev–Trinajstić information content (AvgIpc) is 2.36. The minimum Gasteiger partial charge on any atom is -0.496 e. The van der Waals surface area contributed by atoms with Crippen LogP contribution in [0.5, 0.6) is 5.75 Å². The maximum Gasteiger partial charge on any atom is 0.197 e. The van der Waals surface area contributed by atoms with Gasteiger partial charge < -0.3 is 9.72 Å². The van der Waals surface area contributed by atoms with Gasteiger partial charge in [-0.1, -0.05) is 13.0 Å². The summed E-state index contributed by atoms with van der Waals surface area (Å²) in [5, 5.41) is 0. The van der Waals surface area contributed by atoms with Crippen molar-refractivity contribution in [1.82, 2.24) is 9.97 Å². The van der Waals surface area contributed by atoms with E-state index in [4.69, 9.17) is 17.0 Å². The zero-order valence-electron chi connectivity index (χ0n) is 10.8. The molecule has 0 aliphatic heterocycles. The van der Waals surface area contributed by atoms with Gasteiger partial charge in [0.1, 0.15) is 5.75 Å². The highest BCUT2D eigenvalue weighted by molar-refractivity contribution is 7.71. The molecule has 0 saturated carbocycles. The van der Waals surface area contributed by atoms with Crippen molar-refractivity contribution >= 4 is 12.2 Å². The Morgan fingerprint density at radius 2 is 2.11 bits per heavy atom. The lowest BCUT2D eigenvalue weighted by molar-refractivity contribution is 0.416. The van der Waals surface area contributed by atoms with E-state index in [2.05, 4.69) is 29.0 Å². The van der Waals surface area contributed by atoms with Crippen LogP contribution in [-0.4, -0.2) is 17.1 Å². The van der Waals surface area contributed by atoms with Gasteiger partial charge in [0.15, 0.2) is 4.77 Å². The maximum absolute atomic E-state index is 5.39. The summed E-state index contributed by atoms with van der Waals surface area (Å²) in [5.41, 5.74) is 4.08. The molecule has 1 aromatic heterocycles. The summed E-state index contributed by atoms with van der Waals surface area (Å²) in [6, 6.07) is 8.13. The molecule has 0 radical (unpaired) electrons. The third kappa shape index (κ3) is 2.59. The van der Waals surface area contributed by atoms with Crippen molar-refractivity contribution in [3.63, 3.8) is 0 Å². The number of ether oxygens (including phenoxy) is 1. The van der Waals surface area contributed by atoms with Crippen molar-refractivity contribution in [2.24, 2.45) is 0 Å². The number of nitrogens with one attached hydrogen (secondary N) is 1. The van der Waals surface area contributed by atoms with Gasteiger partial charge in [0.05, 0.1) is 12.8 Å². The Bertz CT molecular complexity index is 619. The molecule has 0 fully saturated rings. The molecule has 2 aromatic rings. The van der Waals surface area contributed by atoms with Gasteiger partial charge in [0.2, 0.25) is 0 Å². The first-order valence-corrected chi connectivity index (χ1v) is 6.30. The Hall–Kier alpha value is -1.68. The number of benzene rings is 1. The van der Waals surface area contributed by atoms with E-state index < -0.39 is 0 Å². The lowest BCUT2D eigenvalue weighted by Crippen LogP contribution is -1.95. The molecule has 1 heterocycles. The van der Waals surface area contributed by atoms with Crippen LogP contribution in [0.25, 0.3) is 11.3 Å². The number of methoxy groups -OCH3 is 1. The van der Waals surface area contributed by atoms with Gasteiger partial charge in [-0.25, -0.2) is 4.98 Å². The zero-order chi connectivity index (χ0) is 13.1. The summed E-state index contributed by atoms with van der Waals surface area (Å²) in [5.74, 6) is 0.819. The molecule has 0 bridgehead atoms. The van der Waals surface area contributed by atoms with Crippen molar-refractivity contribution in [2.45, 2.75) is 20.3 Å². The van der Waals surface area contributed by atoms with E-state index in [-0.39, 0.29) is 0 Å². The van der Waals surface area contributed by atoms with E-state index in [9.17, 15) is 0 Å². The second kappa shape index (κ2) is 5.31. The third-order valence-electron chi connectivity index (χ3n) is 2.83. The minimum absolute atomic E-state index is 0.494. The van der Waals surface area contributed by atoms with E-state index in [0.29, 0.717) is 4.77 Å². The molecule has 18 heavy (non-hydrogen) atoms. The number of aromatic amines is 1. The van der Waals surface area contributed by atoms with E-state index in [0.717, 1.165) is 29.1 Å². The molecule has 4 heteroatoms. The Kier molecular flexibility index (Phi) is 3.77. The predicted octanol–water partition coefficient (Wildman–Crippen LogP) is 3.69. The molecule has 0 unspecified atom stereocenters. The van der Waals surface area contributed by atoms with Crippen molar-refractivity contribution < 1.29 is 4.74 Å². The van der Waals surface area contributed by atoms with Gasteiger partial charge in [-0.05, 0) is 49.3 Å². The Balaban J connectivity index is 2.64. The van der Waals surface area contributed by atoms with Crippen LogP contribution in [0.4, 0.5) is 0 Å². The van der Waals surface area contributed by atoms with Crippen LogP contribution in [-0.2, 0) is 6.42 Å². The van der Waals surface area contributed by atoms with Gasteiger partial charge in [-0.15, -0.1) is 0 Å². The van der Waals surface area contributed by atoms with Gasteiger partial charge in [-0.2, -0.15) is 0 Å². The molecule has 0 atom stereocenters. The van der Waals surface area contributed by atoms with E-state index in [1.54, 1.807) is 7.11 Å². The monoisotopic (exact) mass is 260 g/mol. The normalized spacial score (nSPS) is 10.4. The molecule has 1 aromatic carbocycles. The Labute approximate surface area is 112 Å². The number of rotatable bonds is 3. The van der Waals surface area contributed by atoms with Crippen LogP contribution in [0.3, 0.4) is 0 Å². The minimum atomic E-state index is 0.494. The van der Waals surface area contributed by atoms with E-state index >= 15 is 0 Å². The largest absolute Gasteiger partial charge is 0.496 e. The van der Waals surface area contributed by atoms with Gasteiger partial charge in [0, 0.05) is 11.3 Å². The standard InChI is InChI=1S/C14H16N2OS/c1-4-10-5-6-13(17-3)11(8-10)12-7-9(2)15-14(18)16-12/h5-8H,4H2,1-3H3,(H,15,16,18). The third-order valence-corrected chi connectivity index (χ3v) is 3.02. The van der Waals surface area contributed by atoms with Crippen LogP contribution in [0.1, 0.15) is 18.2 Å². The number of aromatic nitrogens is 2. The smallest absolute Gasteiger partial charge is 0.197 e. The molecule has 0 amide bonds. The van der Waals surface area contributed by atoms with Gasteiger partial charge >= 0.3 is 0 Å². The number of hydrogen-bond acceptors (Lipinski definition) is 3. The topological polar surface area (TPSA) is 37.9 Å². The molecule has 0 spiro atoms. The molecule has 2 rings (SSSR count). The first-order chi connectivity index (χ1) is 8.63. The SMILES string of the molecule is CCc1ccc(OC)c(-c2cc(C)[nH]c(=S)n2)c1. The average molecular weight is 260 g/mol. The first-order valence-electron chi connectivity index (χ1n) is 5.89. The Morgan fingerprint density at radius 3 is 2.72 bits per heavy atom. The summed E-state index contributed by atoms with van der Waals surface area (Å²) in [4.78, 5) is 7.38. The summed E-state index contributed by atoms with van der Waals surface area (Å²) in [7, 11) is 1.67. The van der Waals surface area contributed by atoms with Crippen LogP contribution in [0, 0.1) is 11.7 Å². The van der Waals surface area contributed by atoms with Gasteiger partial charge in [0.25, 0.3) is 0 Å². The fourth-order valence-electron chi connectivity index (χ4n) is 1.89. The summed E-state index contributed by atoms with van der Waals surface area (Å²) in [6.45, 7) is 4.10. The molecular weight excluding hydrogens is 244 g/mol. The van der Waals surface area contributed by atoms with Crippen molar-refractivity contribution in [1.29, 1.82) is 0 Å². The molecule has 1 N–H and O–H groups in total. The highest BCUT2D eigenvalue weighted by Gasteiger charge is 2.08. The summed E-state index contributed by atoms with van der Waals surface area (Å²) in [6.07, 6.45) is 0.982. The molecule has 94 valence electrons. The fraction of sp³-hybridized carbons (Fsp3) is 0.286. The summed E-state index contributed by atoms with van der Waals surface area (Å²) < 4.78 is 5.89. The summed E-state index contributed by atoms with van der Waals surface area (Å²) >= 11 is 5.12. The highest BCUT2D eigenvalue weighted by Crippen LogP contribution is 2.29. The zero-order valence-corrected chi connectivity index (χ0v) is 11.6. The molecule has 0 aliphatic rings. The van der Waals surface area contributed by atoms with Crippen molar-refractivity contribution in [3.05, 3.63) is 40.3 Å². The van der Waals surface area contributed by atoms with Crippen LogP contribution >= 0.6 is 12.2 Å². The van der Waals surface area contributed by atoms with Crippen molar-refractivity contribution in [3.8, 4) is 17.0 Å².